The number of piperidine rings is 1. The quantitative estimate of drug-likeness (QED) is 0.621. The number of halogens is 2. The Labute approximate surface area is 189 Å². The summed E-state index contributed by atoms with van der Waals surface area (Å²) >= 11 is 6.30. The predicted octanol–water partition coefficient (Wildman–Crippen LogP) is 4.34. The summed E-state index contributed by atoms with van der Waals surface area (Å²) in [5.74, 6) is -0.336. The Hall–Kier alpha value is -3.41. The fourth-order valence-corrected chi connectivity index (χ4v) is 3.98. The molecule has 2 heterocycles. The van der Waals surface area contributed by atoms with Crippen molar-refractivity contribution in [3.63, 3.8) is 0 Å². The van der Waals surface area contributed by atoms with Crippen LogP contribution in [0.3, 0.4) is 0 Å². The zero-order valence-corrected chi connectivity index (χ0v) is 18.2. The van der Waals surface area contributed by atoms with Gasteiger partial charge >= 0.3 is 0 Å². The third kappa shape index (κ3) is 4.31. The number of hydrazine groups is 1. The van der Waals surface area contributed by atoms with Gasteiger partial charge < -0.3 is 4.74 Å². The third-order valence-electron chi connectivity index (χ3n) is 5.33. The van der Waals surface area contributed by atoms with Crippen molar-refractivity contribution in [2.24, 2.45) is 0 Å². The van der Waals surface area contributed by atoms with Crippen LogP contribution in [-0.2, 0) is 0 Å². The molecular formula is C23H21ClFN5O2. The average molecular weight is 454 g/mol. The largest absolute Gasteiger partial charge is 0.497 e. The number of benzene rings is 2. The van der Waals surface area contributed by atoms with Crippen LogP contribution in [0, 0.1) is 17.1 Å². The second-order valence-corrected chi connectivity index (χ2v) is 7.82. The molecule has 0 saturated carbocycles. The number of carbonyl (C=O) groups is 1. The highest BCUT2D eigenvalue weighted by molar-refractivity contribution is 6.32. The monoisotopic (exact) mass is 453 g/mol. The lowest BCUT2D eigenvalue weighted by Crippen LogP contribution is -2.45. The number of rotatable bonds is 5. The van der Waals surface area contributed by atoms with Gasteiger partial charge in [0, 0.05) is 18.7 Å². The molecule has 32 heavy (non-hydrogen) atoms. The minimum atomic E-state index is -0.500. The number of methoxy groups -OCH3 is 1. The maximum absolute atomic E-state index is 13.7. The van der Waals surface area contributed by atoms with Gasteiger partial charge in [-0.3, -0.25) is 10.2 Å². The molecule has 7 nitrogen and oxygen atoms in total. The topological polar surface area (TPSA) is 83.2 Å². The van der Waals surface area contributed by atoms with Crippen molar-refractivity contribution in [1.82, 2.24) is 20.2 Å². The molecule has 0 atom stereocenters. The Morgan fingerprint density at radius 2 is 1.91 bits per heavy atom. The minimum Gasteiger partial charge on any atom is -0.497 e. The SMILES string of the molecule is COc1ccc(-c2c(C#N)c(C(=O)NN3CCCCC3)nn2-c2ccc(F)cc2Cl)cc1. The fourth-order valence-electron chi connectivity index (χ4n) is 3.73. The molecule has 1 amide bonds. The summed E-state index contributed by atoms with van der Waals surface area (Å²) in [6, 6.07) is 13.0. The molecule has 1 fully saturated rings. The van der Waals surface area contributed by atoms with Gasteiger partial charge in [0.25, 0.3) is 5.91 Å². The molecule has 1 N–H and O–H groups in total. The average Bonchev–Trinajstić information content (AvgIpc) is 3.19. The van der Waals surface area contributed by atoms with E-state index in [1.54, 1.807) is 31.4 Å². The molecule has 0 bridgehead atoms. The Morgan fingerprint density at radius 1 is 1.19 bits per heavy atom. The summed E-state index contributed by atoms with van der Waals surface area (Å²) in [5, 5.41) is 16.4. The Balaban J connectivity index is 1.85. The van der Waals surface area contributed by atoms with Crippen molar-refractivity contribution in [3.8, 4) is 28.8 Å². The van der Waals surface area contributed by atoms with E-state index in [9.17, 15) is 14.4 Å². The van der Waals surface area contributed by atoms with Gasteiger partial charge in [-0.05, 0) is 55.3 Å². The number of carbonyl (C=O) groups excluding carboxylic acids is 1. The van der Waals surface area contributed by atoms with E-state index in [-0.39, 0.29) is 16.3 Å². The van der Waals surface area contributed by atoms with Crippen molar-refractivity contribution in [3.05, 3.63) is 64.6 Å². The Kier molecular flexibility index (Phi) is 6.40. The van der Waals surface area contributed by atoms with Crippen molar-refractivity contribution < 1.29 is 13.9 Å². The minimum absolute atomic E-state index is 0.0238. The number of hydrogen-bond acceptors (Lipinski definition) is 5. The van der Waals surface area contributed by atoms with Gasteiger partial charge in [-0.2, -0.15) is 10.4 Å². The number of nitriles is 1. The van der Waals surface area contributed by atoms with Crippen molar-refractivity contribution in [2.75, 3.05) is 20.2 Å². The van der Waals surface area contributed by atoms with Crippen LogP contribution in [0.25, 0.3) is 16.9 Å². The van der Waals surface area contributed by atoms with E-state index in [1.165, 1.54) is 16.8 Å². The van der Waals surface area contributed by atoms with E-state index < -0.39 is 11.7 Å². The van der Waals surface area contributed by atoms with Crippen LogP contribution >= 0.6 is 11.6 Å². The van der Waals surface area contributed by atoms with Crippen molar-refractivity contribution >= 4 is 17.5 Å². The van der Waals surface area contributed by atoms with Crippen LogP contribution in [-0.4, -0.2) is 40.9 Å². The number of nitrogens with zero attached hydrogens (tertiary/aromatic N) is 4. The zero-order valence-electron chi connectivity index (χ0n) is 17.4. The van der Waals surface area contributed by atoms with Gasteiger partial charge in [-0.1, -0.05) is 18.0 Å². The van der Waals surface area contributed by atoms with E-state index in [0.29, 0.717) is 22.7 Å². The van der Waals surface area contributed by atoms with Crippen LogP contribution < -0.4 is 10.2 Å². The van der Waals surface area contributed by atoms with Crippen LogP contribution in [0.2, 0.25) is 5.02 Å². The predicted molar refractivity (Wildman–Crippen MR) is 118 cm³/mol. The van der Waals surface area contributed by atoms with Crippen LogP contribution in [0.1, 0.15) is 35.3 Å². The van der Waals surface area contributed by atoms with Crippen molar-refractivity contribution in [1.29, 1.82) is 5.26 Å². The normalized spacial score (nSPS) is 14.1. The van der Waals surface area contributed by atoms with E-state index in [4.69, 9.17) is 16.3 Å². The van der Waals surface area contributed by atoms with Gasteiger partial charge in [0.15, 0.2) is 5.69 Å². The number of amides is 1. The first-order valence-electron chi connectivity index (χ1n) is 10.2. The summed E-state index contributed by atoms with van der Waals surface area (Å²) in [6.45, 7) is 1.48. The first-order valence-corrected chi connectivity index (χ1v) is 10.6. The highest BCUT2D eigenvalue weighted by atomic mass is 35.5. The second-order valence-electron chi connectivity index (χ2n) is 7.41. The number of aromatic nitrogens is 2. The molecule has 0 spiro atoms. The summed E-state index contributed by atoms with van der Waals surface area (Å²) in [4.78, 5) is 13.1. The molecule has 0 radical (unpaired) electrons. The van der Waals surface area contributed by atoms with Gasteiger partial charge in [0.1, 0.15) is 23.2 Å². The van der Waals surface area contributed by atoms with Crippen LogP contribution in [0.4, 0.5) is 4.39 Å². The molecule has 1 aromatic heterocycles. The van der Waals surface area contributed by atoms with Crippen molar-refractivity contribution in [2.45, 2.75) is 19.3 Å². The Morgan fingerprint density at radius 3 is 2.53 bits per heavy atom. The lowest BCUT2D eigenvalue weighted by atomic mass is 10.1. The third-order valence-corrected chi connectivity index (χ3v) is 5.63. The summed E-state index contributed by atoms with van der Waals surface area (Å²) in [7, 11) is 1.56. The molecule has 1 saturated heterocycles. The summed E-state index contributed by atoms with van der Waals surface area (Å²) < 4.78 is 20.3. The molecule has 1 aliphatic heterocycles. The molecule has 4 rings (SSSR count). The Bertz CT molecular complexity index is 1180. The van der Waals surface area contributed by atoms with Crippen LogP contribution in [0.15, 0.2) is 42.5 Å². The molecule has 0 aliphatic carbocycles. The summed E-state index contributed by atoms with van der Waals surface area (Å²) in [6.07, 6.45) is 3.10. The maximum atomic E-state index is 13.7. The standard InChI is InChI=1S/C23H21ClFN5O2/c1-32-17-8-5-15(6-9-17)22-18(14-26)21(23(31)28-29-11-3-2-4-12-29)27-30(22)20-10-7-16(25)13-19(20)24/h5-10,13H,2-4,11-12H2,1H3,(H,28,31). The smallest absolute Gasteiger partial charge is 0.287 e. The first kappa shape index (κ1) is 21.8. The molecule has 1 aliphatic rings. The lowest BCUT2D eigenvalue weighted by Gasteiger charge is -2.26. The molecule has 3 aromatic rings. The highest BCUT2D eigenvalue weighted by Gasteiger charge is 2.27. The molecule has 2 aromatic carbocycles. The van der Waals surface area contributed by atoms with Crippen LogP contribution in [0.5, 0.6) is 5.75 Å². The number of nitrogens with one attached hydrogen (secondary N) is 1. The van der Waals surface area contributed by atoms with E-state index in [0.717, 1.165) is 38.4 Å². The number of hydrogen-bond donors (Lipinski definition) is 1. The van der Waals surface area contributed by atoms with E-state index >= 15 is 0 Å². The van der Waals surface area contributed by atoms with E-state index in [1.807, 2.05) is 5.01 Å². The zero-order chi connectivity index (χ0) is 22.7. The molecular weight excluding hydrogens is 433 g/mol. The highest BCUT2D eigenvalue weighted by Crippen LogP contribution is 2.33. The molecule has 0 unspecified atom stereocenters. The molecule has 9 heteroatoms. The fraction of sp³-hybridized carbons (Fsp3) is 0.261. The van der Waals surface area contributed by atoms with Gasteiger partial charge in [-0.25, -0.2) is 14.1 Å². The summed E-state index contributed by atoms with van der Waals surface area (Å²) in [5.41, 5.74) is 4.30. The second kappa shape index (κ2) is 9.39. The van der Waals surface area contributed by atoms with E-state index in [2.05, 4.69) is 16.6 Å². The van der Waals surface area contributed by atoms with Gasteiger partial charge in [-0.15, -0.1) is 0 Å². The van der Waals surface area contributed by atoms with Gasteiger partial charge in [0.05, 0.1) is 23.5 Å². The van der Waals surface area contributed by atoms with Gasteiger partial charge in [0.2, 0.25) is 0 Å². The maximum Gasteiger partial charge on any atom is 0.287 e. The first-order chi connectivity index (χ1) is 15.5. The molecule has 164 valence electrons. The lowest BCUT2D eigenvalue weighted by molar-refractivity contribution is 0.0744. The number of ether oxygens (including phenoxy) is 1.